The Morgan fingerprint density at radius 3 is 2.10 bits per heavy atom. The second kappa shape index (κ2) is 12.6. The molecule has 0 aliphatic carbocycles. The minimum Gasteiger partial charge on any atom is -0.444 e. The van der Waals surface area contributed by atoms with Crippen LogP contribution < -0.4 is 15.4 Å². The van der Waals surface area contributed by atoms with E-state index in [1.807, 2.05) is 42.5 Å². The van der Waals surface area contributed by atoms with Crippen molar-refractivity contribution in [3.63, 3.8) is 0 Å². The zero-order valence-electron chi connectivity index (χ0n) is 23.7. The van der Waals surface area contributed by atoms with Gasteiger partial charge in [0.15, 0.2) is 0 Å². The van der Waals surface area contributed by atoms with Gasteiger partial charge in [0.1, 0.15) is 12.4 Å². The van der Waals surface area contributed by atoms with Gasteiger partial charge in [-0.3, -0.25) is 14.9 Å². The monoisotopic (exact) mass is 548 g/mol. The van der Waals surface area contributed by atoms with Crippen LogP contribution in [0.15, 0.2) is 78.1 Å². The standard InChI is InChI=1S/C31H36N2O7/c1-30(2,3)25(34)27(35)40-26-24(33-29(37)38-19-21-10-8-7-9-11-21)17-22(18-32-26)16-20-12-14-23(15-13-20)39-28(36)31(4,5)6/h7-15,17-18,26,32H,16,19H2,1-6H3,(H,33,37). The predicted molar refractivity (Wildman–Crippen MR) is 149 cm³/mol. The fourth-order valence-electron chi connectivity index (χ4n) is 3.41. The third-order valence-electron chi connectivity index (χ3n) is 5.75. The Balaban J connectivity index is 1.72. The summed E-state index contributed by atoms with van der Waals surface area (Å²) >= 11 is 0. The highest BCUT2D eigenvalue weighted by Crippen LogP contribution is 2.23. The van der Waals surface area contributed by atoms with Gasteiger partial charge in [0.25, 0.3) is 0 Å². The van der Waals surface area contributed by atoms with Crippen LogP contribution in [-0.2, 0) is 36.9 Å². The van der Waals surface area contributed by atoms with Gasteiger partial charge in [0.05, 0.1) is 11.1 Å². The van der Waals surface area contributed by atoms with Crippen LogP contribution in [0.4, 0.5) is 4.79 Å². The quantitative estimate of drug-likeness (QED) is 0.270. The summed E-state index contributed by atoms with van der Waals surface area (Å²) in [7, 11) is 0. The Morgan fingerprint density at radius 1 is 0.850 bits per heavy atom. The summed E-state index contributed by atoms with van der Waals surface area (Å²) in [5.41, 5.74) is 1.14. The first kappa shape index (κ1) is 30.1. The highest BCUT2D eigenvalue weighted by Gasteiger charge is 2.33. The number of amides is 1. The fourth-order valence-corrected chi connectivity index (χ4v) is 3.41. The Labute approximate surface area is 234 Å². The third kappa shape index (κ3) is 8.83. The maximum absolute atomic E-state index is 12.6. The minimum atomic E-state index is -1.11. The molecule has 1 heterocycles. The molecule has 1 amide bonds. The van der Waals surface area contributed by atoms with Crippen molar-refractivity contribution in [2.24, 2.45) is 10.8 Å². The molecule has 2 aromatic rings. The number of ketones is 1. The van der Waals surface area contributed by atoms with Crippen LogP contribution in [-0.4, -0.2) is 30.0 Å². The highest BCUT2D eigenvalue weighted by molar-refractivity contribution is 6.35. The third-order valence-corrected chi connectivity index (χ3v) is 5.75. The van der Waals surface area contributed by atoms with E-state index in [4.69, 9.17) is 14.2 Å². The molecular formula is C31H36N2O7. The SMILES string of the molecule is CC(C)(C)C(=O)Oc1ccc(CC2=CNC(OC(=O)C(=O)C(C)(C)C)C(NC(=O)OCc3ccccc3)=C2)cc1. The van der Waals surface area contributed by atoms with Gasteiger partial charge in [-0.2, -0.15) is 0 Å². The summed E-state index contributed by atoms with van der Waals surface area (Å²) in [4.78, 5) is 49.6. The molecule has 0 aromatic heterocycles. The number of rotatable bonds is 8. The second-order valence-corrected chi connectivity index (χ2v) is 11.5. The molecule has 0 spiro atoms. The summed E-state index contributed by atoms with van der Waals surface area (Å²) in [5.74, 6) is -1.60. The summed E-state index contributed by atoms with van der Waals surface area (Å²) in [5, 5.41) is 5.58. The van der Waals surface area contributed by atoms with Gasteiger partial charge >= 0.3 is 18.0 Å². The van der Waals surface area contributed by atoms with Gasteiger partial charge in [-0.25, -0.2) is 9.59 Å². The van der Waals surface area contributed by atoms with Gasteiger partial charge in [-0.1, -0.05) is 63.2 Å². The largest absolute Gasteiger partial charge is 0.444 e. The molecule has 0 saturated heterocycles. The molecule has 9 heteroatoms. The summed E-state index contributed by atoms with van der Waals surface area (Å²) in [6, 6.07) is 16.3. The first-order chi connectivity index (χ1) is 18.7. The number of hydrogen-bond acceptors (Lipinski definition) is 8. The molecule has 1 atom stereocenters. The van der Waals surface area contributed by atoms with Crippen molar-refractivity contribution in [1.82, 2.24) is 10.6 Å². The van der Waals surface area contributed by atoms with Gasteiger partial charge in [0.2, 0.25) is 12.0 Å². The Morgan fingerprint density at radius 2 is 1.50 bits per heavy atom. The summed E-state index contributed by atoms with van der Waals surface area (Å²) in [6.07, 6.45) is 1.91. The molecule has 0 saturated carbocycles. The van der Waals surface area contributed by atoms with E-state index >= 15 is 0 Å². The molecule has 9 nitrogen and oxygen atoms in total. The summed E-state index contributed by atoms with van der Waals surface area (Å²) < 4.78 is 16.1. The van der Waals surface area contributed by atoms with E-state index < -0.39 is 34.9 Å². The molecule has 1 aliphatic heterocycles. The van der Waals surface area contributed by atoms with Crippen molar-refractivity contribution in [1.29, 1.82) is 0 Å². The lowest BCUT2D eigenvalue weighted by Gasteiger charge is -2.26. The molecule has 40 heavy (non-hydrogen) atoms. The number of dihydropyridines is 1. The van der Waals surface area contributed by atoms with Gasteiger partial charge in [-0.15, -0.1) is 0 Å². The van der Waals surface area contributed by atoms with E-state index in [1.54, 1.807) is 66.0 Å². The van der Waals surface area contributed by atoms with E-state index in [0.717, 1.165) is 16.7 Å². The smallest absolute Gasteiger partial charge is 0.411 e. The number of ether oxygens (including phenoxy) is 3. The molecule has 212 valence electrons. The van der Waals surface area contributed by atoms with Crippen LogP contribution in [0.25, 0.3) is 0 Å². The lowest BCUT2D eigenvalue weighted by molar-refractivity contribution is -0.160. The lowest BCUT2D eigenvalue weighted by atomic mass is 9.91. The number of hydrogen-bond donors (Lipinski definition) is 2. The number of Topliss-reactive ketones (excluding diaryl/α,β-unsaturated/α-hetero) is 1. The van der Waals surface area contributed by atoms with Gasteiger partial charge < -0.3 is 19.5 Å². The zero-order valence-corrected chi connectivity index (χ0v) is 23.7. The number of carbonyl (C=O) groups excluding carboxylic acids is 4. The Bertz CT molecular complexity index is 1300. The van der Waals surface area contributed by atoms with Crippen molar-refractivity contribution in [3.05, 3.63) is 89.3 Å². The van der Waals surface area contributed by atoms with Crippen LogP contribution in [0.3, 0.4) is 0 Å². The maximum atomic E-state index is 12.6. The normalized spacial score (nSPS) is 15.1. The average Bonchev–Trinajstić information content (AvgIpc) is 2.89. The molecule has 2 aromatic carbocycles. The fraction of sp³-hybridized carbons (Fsp3) is 0.355. The summed E-state index contributed by atoms with van der Waals surface area (Å²) in [6.45, 7) is 10.3. The highest BCUT2D eigenvalue weighted by atomic mass is 16.6. The van der Waals surface area contributed by atoms with Crippen molar-refractivity contribution >= 4 is 23.8 Å². The van der Waals surface area contributed by atoms with E-state index in [0.29, 0.717) is 12.2 Å². The Kier molecular flexibility index (Phi) is 9.52. The number of nitrogens with one attached hydrogen (secondary N) is 2. The first-order valence-electron chi connectivity index (χ1n) is 12.9. The molecule has 0 fully saturated rings. The van der Waals surface area contributed by atoms with Crippen LogP contribution >= 0.6 is 0 Å². The topological polar surface area (TPSA) is 120 Å². The maximum Gasteiger partial charge on any atom is 0.411 e. The predicted octanol–water partition coefficient (Wildman–Crippen LogP) is 4.96. The van der Waals surface area contributed by atoms with E-state index in [1.165, 1.54) is 0 Å². The lowest BCUT2D eigenvalue weighted by Crippen LogP contribution is -2.44. The van der Waals surface area contributed by atoms with Gasteiger partial charge in [-0.05, 0) is 62.1 Å². The number of benzene rings is 2. The average molecular weight is 549 g/mol. The second-order valence-electron chi connectivity index (χ2n) is 11.5. The molecule has 3 rings (SSSR count). The van der Waals surface area contributed by atoms with Crippen molar-refractivity contribution in [2.45, 2.75) is 60.8 Å². The number of carbonyl (C=O) groups is 4. The van der Waals surface area contributed by atoms with Crippen LogP contribution in [0.2, 0.25) is 0 Å². The molecule has 0 radical (unpaired) electrons. The number of allylic oxidation sites excluding steroid dienone is 2. The van der Waals surface area contributed by atoms with Gasteiger partial charge in [0, 0.05) is 11.6 Å². The van der Waals surface area contributed by atoms with Crippen molar-refractivity contribution in [3.8, 4) is 5.75 Å². The Hall–Kier alpha value is -4.40. The zero-order chi connectivity index (χ0) is 29.5. The number of esters is 2. The first-order valence-corrected chi connectivity index (χ1v) is 12.9. The van der Waals surface area contributed by atoms with Crippen molar-refractivity contribution < 1.29 is 33.4 Å². The van der Waals surface area contributed by atoms with E-state index in [2.05, 4.69) is 10.6 Å². The number of alkyl carbamates (subject to hydrolysis) is 1. The van der Waals surface area contributed by atoms with Crippen LogP contribution in [0, 0.1) is 10.8 Å². The molecule has 0 bridgehead atoms. The van der Waals surface area contributed by atoms with E-state index in [9.17, 15) is 19.2 Å². The molecule has 2 N–H and O–H groups in total. The van der Waals surface area contributed by atoms with Crippen molar-refractivity contribution in [2.75, 3.05) is 0 Å². The molecule has 1 aliphatic rings. The van der Waals surface area contributed by atoms with Crippen LogP contribution in [0.5, 0.6) is 5.75 Å². The molecule has 1 unspecified atom stereocenters. The van der Waals surface area contributed by atoms with Crippen LogP contribution in [0.1, 0.15) is 52.7 Å². The van der Waals surface area contributed by atoms with E-state index in [-0.39, 0.29) is 18.3 Å². The minimum absolute atomic E-state index is 0.0508. The molecular weight excluding hydrogens is 512 g/mol.